The zero-order valence-corrected chi connectivity index (χ0v) is 19.2. The summed E-state index contributed by atoms with van der Waals surface area (Å²) in [6, 6.07) is 16.5. The van der Waals surface area contributed by atoms with Crippen LogP contribution in [0.3, 0.4) is 0 Å². The van der Waals surface area contributed by atoms with E-state index in [9.17, 15) is 9.59 Å². The first-order valence-corrected chi connectivity index (χ1v) is 10.5. The average Bonchev–Trinajstić information content (AvgIpc) is 2.60. The van der Waals surface area contributed by atoms with E-state index in [-0.39, 0.29) is 18.4 Å². The predicted molar refractivity (Wildman–Crippen MR) is 119 cm³/mol. The summed E-state index contributed by atoms with van der Waals surface area (Å²) in [6.07, 6.45) is -0.385. The molecule has 0 heterocycles. The number of hydrogen-bond acceptors (Lipinski definition) is 4. The summed E-state index contributed by atoms with van der Waals surface area (Å²) >= 11 is 0. The van der Waals surface area contributed by atoms with Crippen LogP contribution in [0.5, 0.6) is 0 Å². The first-order valence-electron chi connectivity index (χ1n) is 10.5. The molecular weight excluding hydrogens is 376 g/mol. The Morgan fingerprint density at radius 1 is 0.900 bits per heavy atom. The van der Waals surface area contributed by atoms with Gasteiger partial charge in [0, 0.05) is 5.92 Å². The van der Waals surface area contributed by atoms with E-state index >= 15 is 0 Å². The van der Waals surface area contributed by atoms with Gasteiger partial charge >= 0.3 is 11.9 Å². The highest BCUT2D eigenvalue weighted by atomic mass is 16.6. The van der Waals surface area contributed by atoms with Gasteiger partial charge in [-0.15, -0.1) is 0 Å². The van der Waals surface area contributed by atoms with Gasteiger partial charge in [-0.05, 0) is 52.7 Å². The second-order valence-corrected chi connectivity index (χ2v) is 9.14. The number of esters is 2. The van der Waals surface area contributed by atoms with Crippen molar-refractivity contribution in [1.29, 1.82) is 0 Å². The van der Waals surface area contributed by atoms with E-state index in [0.717, 1.165) is 22.3 Å². The van der Waals surface area contributed by atoms with Gasteiger partial charge in [-0.2, -0.15) is 0 Å². The molecule has 0 aromatic heterocycles. The maximum absolute atomic E-state index is 12.7. The monoisotopic (exact) mass is 410 g/mol. The highest BCUT2D eigenvalue weighted by molar-refractivity contribution is 5.80. The van der Waals surface area contributed by atoms with Gasteiger partial charge in [0.25, 0.3) is 0 Å². The molecule has 30 heavy (non-hydrogen) atoms. The number of carbonyl (C=O) groups excluding carboxylic acids is 2. The molecule has 4 nitrogen and oxygen atoms in total. The van der Waals surface area contributed by atoms with Crippen molar-refractivity contribution >= 4 is 11.9 Å². The predicted octanol–water partition coefficient (Wildman–Crippen LogP) is 5.73. The molecule has 0 aliphatic rings. The largest absolute Gasteiger partial charge is 0.461 e. The van der Waals surface area contributed by atoms with E-state index < -0.39 is 23.5 Å². The molecule has 2 aromatic rings. The van der Waals surface area contributed by atoms with Crippen molar-refractivity contribution in [2.24, 2.45) is 5.92 Å². The van der Waals surface area contributed by atoms with Crippen molar-refractivity contribution in [2.45, 2.75) is 72.5 Å². The maximum Gasteiger partial charge on any atom is 0.309 e. The lowest BCUT2D eigenvalue weighted by Crippen LogP contribution is -2.30. The molecule has 0 N–H and O–H groups in total. The van der Waals surface area contributed by atoms with Crippen molar-refractivity contribution in [2.75, 3.05) is 0 Å². The van der Waals surface area contributed by atoms with Crippen LogP contribution in [-0.2, 0) is 19.1 Å². The molecule has 0 saturated heterocycles. The third-order valence-electron chi connectivity index (χ3n) is 4.87. The Morgan fingerprint density at radius 3 is 1.83 bits per heavy atom. The summed E-state index contributed by atoms with van der Waals surface area (Å²) in [7, 11) is 0. The first-order chi connectivity index (χ1) is 14.0. The molecule has 162 valence electrons. The van der Waals surface area contributed by atoms with Crippen LogP contribution in [0.25, 0.3) is 0 Å². The summed E-state index contributed by atoms with van der Waals surface area (Å²) < 4.78 is 11.2. The van der Waals surface area contributed by atoms with Crippen LogP contribution < -0.4 is 0 Å². The molecule has 2 atom stereocenters. The fraction of sp³-hybridized carbons (Fsp3) is 0.462. The van der Waals surface area contributed by atoms with Crippen molar-refractivity contribution in [3.8, 4) is 0 Å². The zero-order chi connectivity index (χ0) is 22.5. The molecule has 0 amide bonds. The Hall–Kier alpha value is -2.62. The SMILES string of the molecule is Cc1cccc(C(c2cccc(C)c2)[C@H](C)OC(=O)[C@H](C)CC(=O)OC(C)(C)C)c1. The molecule has 0 saturated carbocycles. The maximum atomic E-state index is 12.7. The minimum absolute atomic E-state index is 0.00236. The summed E-state index contributed by atoms with van der Waals surface area (Å²) in [5.41, 5.74) is 3.93. The minimum atomic E-state index is -0.574. The Labute approximate surface area is 180 Å². The zero-order valence-electron chi connectivity index (χ0n) is 19.2. The normalized spacial score (nSPS) is 13.6. The second-order valence-electron chi connectivity index (χ2n) is 9.14. The van der Waals surface area contributed by atoms with E-state index in [1.165, 1.54) is 0 Å². The lowest BCUT2D eigenvalue weighted by Gasteiger charge is -2.27. The molecule has 0 radical (unpaired) electrons. The van der Waals surface area contributed by atoms with Gasteiger partial charge < -0.3 is 9.47 Å². The Kier molecular flexibility index (Phi) is 7.83. The van der Waals surface area contributed by atoms with E-state index in [1.54, 1.807) is 6.92 Å². The van der Waals surface area contributed by atoms with Crippen LogP contribution in [0.1, 0.15) is 69.2 Å². The van der Waals surface area contributed by atoms with Gasteiger partial charge in [0.05, 0.1) is 12.3 Å². The molecule has 0 aliphatic carbocycles. The van der Waals surface area contributed by atoms with Crippen molar-refractivity contribution in [3.05, 3.63) is 70.8 Å². The summed E-state index contributed by atoms with van der Waals surface area (Å²) in [6.45, 7) is 13.1. The van der Waals surface area contributed by atoms with Crippen LogP contribution in [0.15, 0.2) is 48.5 Å². The Morgan fingerprint density at radius 2 is 1.40 bits per heavy atom. The average molecular weight is 411 g/mol. The van der Waals surface area contributed by atoms with Crippen LogP contribution in [0, 0.1) is 19.8 Å². The number of carbonyl (C=O) groups is 2. The highest BCUT2D eigenvalue weighted by Gasteiger charge is 2.29. The van der Waals surface area contributed by atoms with Crippen LogP contribution in [0.2, 0.25) is 0 Å². The fourth-order valence-corrected chi connectivity index (χ4v) is 3.55. The summed E-state index contributed by atoms with van der Waals surface area (Å²) in [5.74, 6) is -1.45. The fourth-order valence-electron chi connectivity index (χ4n) is 3.55. The topological polar surface area (TPSA) is 52.6 Å². The van der Waals surface area contributed by atoms with E-state index in [4.69, 9.17) is 9.47 Å². The van der Waals surface area contributed by atoms with Gasteiger partial charge in [-0.3, -0.25) is 9.59 Å². The number of benzene rings is 2. The van der Waals surface area contributed by atoms with Crippen LogP contribution >= 0.6 is 0 Å². The molecule has 0 unspecified atom stereocenters. The third-order valence-corrected chi connectivity index (χ3v) is 4.87. The van der Waals surface area contributed by atoms with Crippen LogP contribution in [-0.4, -0.2) is 23.6 Å². The minimum Gasteiger partial charge on any atom is -0.461 e. The quantitative estimate of drug-likeness (QED) is 0.547. The van der Waals surface area contributed by atoms with Gasteiger partial charge in [-0.25, -0.2) is 0 Å². The molecule has 2 rings (SSSR count). The summed E-state index contributed by atoms with van der Waals surface area (Å²) in [5, 5.41) is 0. The second kappa shape index (κ2) is 9.92. The molecule has 0 spiro atoms. The van der Waals surface area contributed by atoms with E-state index in [1.807, 2.05) is 39.8 Å². The van der Waals surface area contributed by atoms with Gasteiger partial charge in [0.15, 0.2) is 0 Å². The van der Waals surface area contributed by atoms with Crippen molar-refractivity contribution in [3.63, 3.8) is 0 Å². The smallest absolute Gasteiger partial charge is 0.309 e. The van der Waals surface area contributed by atoms with E-state index in [2.05, 4.69) is 50.2 Å². The van der Waals surface area contributed by atoms with Gasteiger partial charge in [0.1, 0.15) is 11.7 Å². The van der Waals surface area contributed by atoms with Gasteiger partial charge in [-0.1, -0.05) is 66.6 Å². The third kappa shape index (κ3) is 7.01. The molecule has 0 bridgehead atoms. The first kappa shape index (κ1) is 23.7. The Bertz CT molecular complexity index is 833. The highest BCUT2D eigenvalue weighted by Crippen LogP contribution is 2.31. The van der Waals surface area contributed by atoms with E-state index in [0.29, 0.717) is 0 Å². The molecule has 0 aliphatic heterocycles. The van der Waals surface area contributed by atoms with Crippen LogP contribution in [0.4, 0.5) is 0 Å². The molecular formula is C26H34O4. The Balaban J connectivity index is 2.19. The number of hydrogen-bond donors (Lipinski definition) is 0. The van der Waals surface area contributed by atoms with Gasteiger partial charge in [0.2, 0.25) is 0 Å². The van der Waals surface area contributed by atoms with Crippen molar-refractivity contribution < 1.29 is 19.1 Å². The lowest BCUT2D eigenvalue weighted by atomic mass is 9.86. The van der Waals surface area contributed by atoms with Crippen molar-refractivity contribution in [1.82, 2.24) is 0 Å². The summed E-state index contributed by atoms with van der Waals surface area (Å²) in [4.78, 5) is 24.8. The number of aryl methyl sites for hydroxylation is 2. The molecule has 4 heteroatoms. The number of ether oxygens (including phenoxy) is 2. The number of rotatable bonds is 7. The molecule has 0 fully saturated rings. The lowest BCUT2D eigenvalue weighted by molar-refractivity contribution is -0.163. The standard InChI is InChI=1S/C26H34O4/c1-17-10-8-12-21(14-17)24(22-13-9-11-18(2)15-22)20(4)29-25(28)19(3)16-23(27)30-26(5,6)7/h8-15,19-20,24H,16H2,1-7H3/t19-,20+/m1/s1. The molecule has 2 aromatic carbocycles.